The summed E-state index contributed by atoms with van der Waals surface area (Å²) in [7, 11) is 0. The van der Waals surface area contributed by atoms with E-state index in [1.165, 1.54) is 28.7 Å². The Labute approximate surface area is 205 Å². The van der Waals surface area contributed by atoms with E-state index in [4.69, 9.17) is 4.98 Å². The molecule has 0 unspecified atom stereocenters. The van der Waals surface area contributed by atoms with Gasteiger partial charge in [-0.05, 0) is 29.3 Å². The summed E-state index contributed by atoms with van der Waals surface area (Å²) in [5.41, 5.74) is 3.59. The fourth-order valence-electron chi connectivity index (χ4n) is 3.93. The Hall–Kier alpha value is -3.48. The Balaban J connectivity index is 1.48. The van der Waals surface area contributed by atoms with Crippen LogP contribution in [0.4, 0.5) is 0 Å². The molecule has 2 heterocycles. The van der Waals surface area contributed by atoms with Gasteiger partial charge in [-0.25, -0.2) is 4.98 Å². The number of rotatable bonds is 7. The van der Waals surface area contributed by atoms with Crippen molar-refractivity contribution in [1.29, 1.82) is 0 Å². The minimum atomic E-state index is -0.109. The molecule has 0 saturated heterocycles. The largest absolute Gasteiger partial charge is 0.293 e. The van der Waals surface area contributed by atoms with Crippen molar-refractivity contribution in [2.24, 2.45) is 0 Å². The molecule has 0 bridgehead atoms. The van der Waals surface area contributed by atoms with Gasteiger partial charge in [-0.1, -0.05) is 84.1 Å². The Kier molecular flexibility index (Phi) is 6.18. The smallest absolute Gasteiger partial charge is 0.263 e. The van der Waals surface area contributed by atoms with Gasteiger partial charge in [0.2, 0.25) is 0 Å². The number of thioether (sulfide) groups is 1. The van der Waals surface area contributed by atoms with Crippen LogP contribution in [0.2, 0.25) is 0 Å². The molecular formula is C28H22N2O2S2. The van der Waals surface area contributed by atoms with E-state index in [0.29, 0.717) is 27.5 Å². The van der Waals surface area contributed by atoms with Crippen LogP contribution in [0.1, 0.15) is 15.9 Å². The molecule has 3 aromatic carbocycles. The van der Waals surface area contributed by atoms with Gasteiger partial charge >= 0.3 is 0 Å². The van der Waals surface area contributed by atoms with Crippen LogP contribution in [0.5, 0.6) is 0 Å². The molecule has 5 rings (SSSR count). The first-order valence-corrected chi connectivity index (χ1v) is 12.8. The molecule has 0 aliphatic carbocycles. The van der Waals surface area contributed by atoms with Crippen molar-refractivity contribution in [1.82, 2.24) is 9.55 Å². The quantitative estimate of drug-likeness (QED) is 0.111. The monoisotopic (exact) mass is 482 g/mol. The zero-order chi connectivity index (χ0) is 23.7. The van der Waals surface area contributed by atoms with E-state index in [1.54, 1.807) is 10.6 Å². The minimum Gasteiger partial charge on any atom is -0.293 e. The molecule has 0 saturated carbocycles. The number of hydrogen-bond donors (Lipinski definition) is 0. The molecule has 0 atom stereocenters. The number of aryl methyl sites for hydroxylation is 1. The SMILES string of the molecule is C=CCn1c(SCC(=O)c2ccc3ccccc3c2)nc2scc(-c3ccc(C)cc3)c2c1=O. The number of Topliss-reactive ketones (excluding diaryl/α,β-unsaturated/α-hetero) is 1. The second kappa shape index (κ2) is 9.41. The van der Waals surface area contributed by atoms with Crippen LogP contribution in [0, 0.1) is 6.92 Å². The minimum absolute atomic E-state index is 0.00164. The van der Waals surface area contributed by atoms with Crippen LogP contribution in [0.3, 0.4) is 0 Å². The van der Waals surface area contributed by atoms with E-state index in [9.17, 15) is 9.59 Å². The fraction of sp³-hybridized carbons (Fsp3) is 0.107. The van der Waals surface area contributed by atoms with E-state index < -0.39 is 0 Å². The first kappa shape index (κ1) is 22.3. The number of allylic oxidation sites excluding steroid dienone is 1. The Morgan fingerprint density at radius 1 is 1.09 bits per heavy atom. The fourth-order valence-corrected chi connectivity index (χ4v) is 5.82. The van der Waals surface area contributed by atoms with E-state index in [1.807, 2.05) is 79.0 Å². The number of carbonyl (C=O) groups is 1. The Bertz CT molecular complexity index is 1600. The maximum absolute atomic E-state index is 13.5. The number of aromatic nitrogens is 2. The summed E-state index contributed by atoms with van der Waals surface area (Å²) >= 11 is 2.74. The standard InChI is InChI=1S/C28H22N2O2S2/c1-3-14-30-27(32)25-23(20-10-8-18(2)9-11-20)16-33-26(25)29-28(30)34-17-24(31)22-13-12-19-6-4-5-7-21(19)15-22/h3-13,15-16H,1,14,17H2,2H3. The number of ketones is 1. The zero-order valence-corrected chi connectivity index (χ0v) is 20.3. The van der Waals surface area contributed by atoms with E-state index in [-0.39, 0.29) is 17.1 Å². The second-order valence-electron chi connectivity index (χ2n) is 8.07. The Morgan fingerprint density at radius 3 is 2.62 bits per heavy atom. The summed E-state index contributed by atoms with van der Waals surface area (Å²) < 4.78 is 1.61. The van der Waals surface area contributed by atoms with Crippen LogP contribution >= 0.6 is 23.1 Å². The summed E-state index contributed by atoms with van der Waals surface area (Å²) in [6, 6.07) is 21.8. The van der Waals surface area contributed by atoms with Gasteiger partial charge in [0, 0.05) is 23.1 Å². The number of benzene rings is 3. The molecule has 0 N–H and O–H groups in total. The first-order chi connectivity index (χ1) is 16.5. The van der Waals surface area contributed by atoms with Crippen LogP contribution in [0.25, 0.3) is 32.1 Å². The highest BCUT2D eigenvalue weighted by Gasteiger charge is 2.18. The van der Waals surface area contributed by atoms with Crippen molar-refractivity contribution >= 4 is 49.9 Å². The Morgan fingerprint density at radius 2 is 1.85 bits per heavy atom. The molecular weight excluding hydrogens is 460 g/mol. The molecule has 6 heteroatoms. The van der Waals surface area contributed by atoms with E-state index >= 15 is 0 Å². The second-order valence-corrected chi connectivity index (χ2v) is 9.87. The van der Waals surface area contributed by atoms with Crippen molar-refractivity contribution < 1.29 is 4.79 Å². The van der Waals surface area contributed by atoms with Crippen molar-refractivity contribution in [3.8, 4) is 11.1 Å². The highest BCUT2D eigenvalue weighted by molar-refractivity contribution is 7.99. The lowest BCUT2D eigenvalue weighted by Crippen LogP contribution is -2.23. The van der Waals surface area contributed by atoms with Crippen molar-refractivity contribution in [2.75, 3.05) is 5.75 Å². The molecule has 0 radical (unpaired) electrons. The topological polar surface area (TPSA) is 52.0 Å². The van der Waals surface area contributed by atoms with Crippen LogP contribution in [-0.2, 0) is 6.54 Å². The summed E-state index contributed by atoms with van der Waals surface area (Å²) in [6.07, 6.45) is 1.68. The first-order valence-electron chi connectivity index (χ1n) is 10.9. The molecule has 0 amide bonds. The van der Waals surface area contributed by atoms with Crippen LogP contribution in [-0.4, -0.2) is 21.1 Å². The van der Waals surface area contributed by atoms with Gasteiger partial charge < -0.3 is 0 Å². The van der Waals surface area contributed by atoms with Crippen molar-refractivity contribution in [3.05, 3.63) is 106 Å². The lowest BCUT2D eigenvalue weighted by Gasteiger charge is -2.11. The molecule has 0 aliphatic rings. The number of thiophene rings is 1. The molecule has 0 spiro atoms. The summed E-state index contributed by atoms with van der Waals surface area (Å²) in [5, 5.41) is 5.26. The molecule has 0 fully saturated rings. The highest BCUT2D eigenvalue weighted by Crippen LogP contribution is 2.32. The molecule has 4 nitrogen and oxygen atoms in total. The van der Waals surface area contributed by atoms with Gasteiger partial charge in [-0.3, -0.25) is 14.2 Å². The van der Waals surface area contributed by atoms with Crippen LogP contribution < -0.4 is 5.56 Å². The van der Waals surface area contributed by atoms with Gasteiger partial charge in [0.15, 0.2) is 10.9 Å². The maximum Gasteiger partial charge on any atom is 0.263 e. The zero-order valence-electron chi connectivity index (χ0n) is 18.7. The molecule has 2 aromatic heterocycles. The normalized spacial score (nSPS) is 11.2. The summed E-state index contributed by atoms with van der Waals surface area (Å²) in [5.74, 6) is 0.200. The predicted molar refractivity (Wildman–Crippen MR) is 143 cm³/mol. The summed E-state index contributed by atoms with van der Waals surface area (Å²) in [6.45, 7) is 6.18. The van der Waals surface area contributed by atoms with E-state index in [0.717, 1.165) is 21.9 Å². The molecule has 0 aliphatic heterocycles. The van der Waals surface area contributed by atoms with Crippen molar-refractivity contribution in [3.63, 3.8) is 0 Å². The van der Waals surface area contributed by atoms with Crippen LogP contribution in [0.15, 0.2) is 94.7 Å². The number of nitrogens with zero attached hydrogens (tertiary/aromatic N) is 2. The third-order valence-corrected chi connectivity index (χ3v) is 7.59. The van der Waals surface area contributed by atoms with Gasteiger partial charge in [0.1, 0.15) is 4.83 Å². The number of fused-ring (bicyclic) bond motifs is 2. The van der Waals surface area contributed by atoms with Gasteiger partial charge in [0.25, 0.3) is 5.56 Å². The molecule has 168 valence electrons. The van der Waals surface area contributed by atoms with Crippen molar-refractivity contribution in [2.45, 2.75) is 18.6 Å². The summed E-state index contributed by atoms with van der Waals surface area (Å²) in [4.78, 5) is 31.9. The molecule has 5 aromatic rings. The molecule has 34 heavy (non-hydrogen) atoms. The number of hydrogen-bond acceptors (Lipinski definition) is 5. The average molecular weight is 483 g/mol. The third kappa shape index (κ3) is 4.22. The predicted octanol–water partition coefficient (Wildman–Crippen LogP) is 6.75. The number of carbonyl (C=O) groups excluding carboxylic acids is 1. The van der Waals surface area contributed by atoms with Gasteiger partial charge in [-0.2, -0.15) is 0 Å². The lowest BCUT2D eigenvalue weighted by atomic mass is 10.1. The average Bonchev–Trinajstić information content (AvgIpc) is 3.29. The third-order valence-electron chi connectivity index (χ3n) is 5.74. The maximum atomic E-state index is 13.5. The lowest BCUT2D eigenvalue weighted by molar-refractivity contribution is 0.102. The van der Waals surface area contributed by atoms with Gasteiger partial charge in [0.05, 0.1) is 11.1 Å². The van der Waals surface area contributed by atoms with Gasteiger partial charge in [-0.15, -0.1) is 17.9 Å². The van der Waals surface area contributed by atoms with E-state index in [2.05, 4.69) is 6.58 Å². The highest BCUT2D eigenvalue weighted by atomic mass is 32.2.